The molecule has 3 aromatic rings. The molecule has 0 radical (unpaired) electrons. The third-order valence-corrected chi connectivity index (χ3v) is 4.00. The number of benzene rings is 1. The molecule has 0 spiro atoms. The number of nitrogens with zero attached hydrogens (tertiary/aromatic N) is 4. The molecule has 8 heteroatoms. The molecule has 0 bridgehead atoms. The second-order valence-corrected chi connectivity index (χ2v) is 6.05. The number of halogens is 3. The van der Waals surface area contributed by atoms with Gasteiger partial charge in [0.2, 0.25) is 0 Å². The Balaban J connectivity index is 1.74. The van der Waals surface area contributed by atoms with Crippen molar-refractivity contribution < 1.29 is 13.2 Å². The molecule has 0 N–H and O–H groups in total. The van der Waals surface area contributed by atoms with Crippen molar-refractivity contribution in [1.29, 1.82) is 0 Å². The lowest BCUT2D eigenvalue weighted by atomic mass is 10.3. The molecule has 0 aliphatic carbocycles. The van der Waals surface area contributed by atoms with E-state index in [1.165, 1.54) is 12.1 Å². The summed E-state index contributed by atoms with van der Waals surface area (Å²) in [6, 6.07) is 6.18. The van der Waals surface area contributed by atoms with E-state index in [0.29, 0.717) is 6.54 Å². The Morgan fingerprint density at radius 1 is 1.13 bits per heavy atom. The number of aromatic nitrogens is 4. The zero-order chi connectivity index (χ0) is 16.4. The number of thioether (sulfide) groups is 1. The second-order valence-electron chi connectivity index (χ2n) is 4.92. The predicted octanol–water partition coefficient (Wildman–Crippen LogP) is 4.04. The molecule has 3 rings (SSSR count). The Hall–Kier alpha value is -2.22. The van der Waals surface area contributed by atoms with Gasteiger partial charge in [-0.05, 0) is 43.0 Å². The van der Waals surface area contributed by atoms with Crippen molar-refractivity contribution in [3.63, 3.8) is 0 Å². The molecule has 120 valence electrons. The van der Waals surface area contributed by atoms with Gasteiger partial charge in [0.05, 0.1) is 18.6 Å². The number of imidazole rings is 2. The number of alkyl halides is 3. The topological polar surface area (TPSA) is 35.6 Å². The SMILES string of the molecule is Cc1nccn1Cc1cn(-c2ccc(SC(F)(F)F)cc2)cn1. The van der Waals surface area contributed by atoms with Crippen molar-refractivity contribution in [3.8, 4) is 5.69 Å². The maximum absolute atomic E-state index is 12.3. The molecule has 0 unspecified atom stereocenters. The average molecular weight is 338 g/mol. The monoisotopic (exact) mass is 338 g/mol. The smallest absolute Gasteiger partial charge is 0.329 e. The molecule has 23 heavy (non-hydrogen) atoms. The summed E-state index contributed by atoms with van der Waals surface area (Å²) in [6.45, 7) is 2.51. The molecule has 0 saturated carbocycles. The van der Waals surface area contributed by atoms with E-state index in [2.05, 4.69) is 9.97 Å². The minimum Gasteiger partial charge on any atom is -0.329 e. The molecule has 0 amide bonds. The van der Waals surface area contributed by atoms with Crippen LogP contribution in [0.5, 0.6) is 0 Å². The fraction of sp³-hybridized carbons (Fsp3) is 0.200. The summed E-state index contributed by atoms with van der Waals surface area (Å²) in [7, 11) is 0. The Labute approximate surface area is 135 Å². The van der Waals surface area contributed by atoms with Gasteiger partial charge >= 0.3 is 5.51 Å². The van der Waals surface area contributed by atoms with Gasteiger partial charge in [-0.25, -0.2) is 9.97 Å². The lowest BCUT2D eigenvalue weighted by molar-refractivity contribution is -0.0328. The number of aryl methyl sites for hydroxylation is 1. The second kappa shape index (κ2) is 6.11. The Morgan fingerprint density at radius 3 is 2.48 bits per heavy atom. The fourth-order valence-electron chi connectivity index (χ4n) is 2.15. The zero-order valence-corrected chi connectivity index (χ0v) is 13.0. The van der Waals surface area contributed by atoms with Gasteiger partial charge in [0, 0.05) is 29.2 Å². The molecule has 1 aromatic carbocycles. The Bertz CT molecular complexity index is 790. The first-order valence-electron chi connectivity index (χ1n) is 6.77. The van der Waals surface area contributed by atoms with Crippen LogP contribution in [0.2, 0.25) is 0 Å². The minimum atomic E-state index is -4.27. The van der Waals surface area contributed by atoms with Gasteiger partial charge in [0.15, 0.2) is 0 Å². The summed E-state index contributed by atoms with van der Waals surface area (Å²) >= 11 is -0.121. The number of hydrogen-bond acceptors (Lipinski definition) is 3. The molecule has 0 fully saturated rings. The van der Waals surface area contributed by atoms with Crippen LogP contribution in [0.15, 0.2) is 54.1 Å². The van der Waals surface area contributed by atoms with Crippen molar-refractivity contribution >= 4 is 11.8 Å². The van der Waals surface area contributed by atoms with E-state index in [0.717, 1.165) is 17.2 Å². The number of hydrogen-bond donors (Lipinski definition) is 0. The van der Waals surface area contributed by atoms with Gasteiger partial charge in [-0.3, -0.25) is 0 Å². The quantitative estimate of drug-likeness (QED) is 0.674. The predicted molar refractivity (Wildman–Crippen MR) is 81.5 cm³/mol. The number of rotatable bonds is 4. The van der Waals surface area contributed by atoms with Crippen LogP contribution >= 0.6 is 11.8 Å². The lowest BCUT2D eigenvalue weighted by Gasteiger charge is -2.07. The summed E-state index contributed by atoms with van der Waals surface area (Å²) in [5.74, 6) is 0.896. The highest BCUT2D eigenvalue weighted by molar-refractivity contribution is 8.00. The first-order valence-corrected chi connectivity index (χ1v) is 7.59. The van der Waals surface area contributed by atoms with E-state index < -0.39 is 5.51 Å². The molecule has 0 aliphatic rings. The largest absolute Gasteiger partial charge is 0.446 e. The van der Waals surface area contributed by atoms with Gasteiger partial charge in [-0.15, -0.1) is 0 Å². The highest BCUT2D eigenvalue weighted by atomic mass is 32.2. The highest BCUT2D eigenvalue weighted by Crippen LogP contribution is 2.36. The third-order valence-electron chi connectivity index (χ3n) is 3.26. The van der Waals surface area contributed by atoms with E-state index in [1.807, 2.05) is 23.9 Å². The summed E-state index contributed by atoms with van der Waals surface area (Å²) in [5.41, 5.74) is -2.66. The van der Waals surface area contributed by atoms with Crippen LogP contribution < -0.4 is 0 Å². The molecule has 0 aliphatic heterocycles. The van der Waals surface area contributed by atoms with Crippen LogP contribution in [0.3, 0.4) is 0 Å². The molecule has 4 nitrogen and oxygen atoms in total. The van der Waals surface area contributed by atoms with E-state index >= 15 is 0 Å². The van der Waals surface area contributed by atoms with E-state index in [1.54, 1.807) is 29.2 Å². The van der Waals surface area contributed by atoms with E-state index in [-0.39, 0.29) is 16.7 Å². The van der Waals surface area contributed by atoms with Crippen molar-refractivity contribution in [2.75, 3.05) is 0 Å². The van der Waals surface area contributed by atoms with Crippen LogP contribution in [0.1, 0.15) is 11.5 Å². The summed E-state index contributed by atoms with van der Waals surface area (Å²) in [6.07, 6.45) is 7.10. The van der Waals surface area contributed by atoms with Crippen molar-refractivity contribution in [2.24, 2.45) is 0 Å². The van der Waals surface area contributed by atoms with Gasteiger partial charge < -0.3 is 9.13 Å². The molecule has 2 aromatic heterocycles. The molecule has 0 saturated heterocycles. The first kappa shape index (κ1) is 15.7. The van der Waals surface area contributed by atoms with Crippen LogP contribution in [0.25, 0.3) is 5.69 Å². The van der Waals surface area contributed by atoms with Gasteiger partial charge in [0.25, 0.3) is 0 Å². The van der Waals surface area contributed by atoms with Crippen LogP contribution in [0.4, 0.5) is 13.2 Å². The standard InChI is InChI=1S/C15H13F3N4S/c1-11-19-6-7-21(11)8-12-9-22(10-20-12)13-2-4-14(5-3-13)23-15(16,17)18/h2-7,9-10H,8H2,1H3. The van der Waals surface area contributed by atoms with Crippen LogP contribution in [-0.2, 0) is 6.54 Å². The van der Waals surface area contributed by atoms with Crippen LogP contribution in [-0.4, -0.2) is 24.6 Å². The van der Waals surface area contributed by atoms with Crippen molar-refractivity contribution in [2.45, 2.75) is 23.9 Å². The Kier molecular flexibility index (Phi) is 4.16. The minimum absolute atomic E-state index is 0.121. The summed E-state index contributed by atoms with van der Waals surface area (Å²) in [5, 5.41) is 0. The maximum atomic E-state index is 12.3. The molecular formula is C15H13F3N4S. The van der Waals surface area contributed by atoms with Crippen molar-refractivity contribution in [1.82, 2.24) is 19.1 Å². The summed E-state index contributed by atoms with van der Waals surface area (Å²) < 4.78 is 40.7. The molecule has 2 heterocycles. The van der Waals surface area contributed by atoms with Gasteiger partial charge in [-0.1, -0.05) is 0 Å². The maximum Gasteiger partial charge on any atom is 0.446 e. The molecular weight excluding hydrogens is 325 g/mol. The third kappa shape index (κ3) is 3.95. The summed E-state index contributed by atoms with van der Waals surface area (Å²) in [4.78, 5) is 8.63. The van der Waals surface area contributed by atoms with E-state index in [4.69, 9.17) is 0 Å². The zero-order valence-electron chi connectivity index (χ0n) is 12.2. The first-order chi connectivity index (χ1) is 10.9. The molecule has 0 atom stereocenters. The Morgan fingerprint density at radius 2 is 1.87 bits per heavy atom. The van der Waals surface area contributed by atoms with Gasteiger partial charge in [0.1, 0.15) is 5.82 Å². The van der Waals surface area contributed by atoms with E-state index in [9.17, 15) is 13.2 Å². The normalized spacial score (nSPS) is 11.8. The average Bonchev–Trinajstić information content (AvgIpc) is 3.09. The lowest BCUT2D eigenvalue weighted by Crippen LogP contribution is -2.01. The fourth-order valence-corrected chi connectivity index (χ4v) is 2.69. The van der Waals surface area contributed by atoms with Gasteiger partial charge in [-0.2, -0.15) is 13.2 Å². The van der Waals surface area contributed by atoms with Crippen molar-refractivity contribution in [3.05, 3.63) is 60.7 Å². The highest BCUT2D eigenvalue weighted by Gasteiger charge is 2.29. The van der Waals surface area contributed by atoms with Crippen LogP contribution in [0, 0.1) is 6.92 Å².